The Balaban J connectivity index is 0.00000200. The van der Waals surface area contributed by atoms with Gasteiger partial charge in [-0.1, -0.05) is 12.1 Å². The van der Waals surface area contributed by atoms with E-state index < -0.39 is 5.82 Å². The summed E-state index contributed by atoms with van der Waals surface area (Å²) in [6.07, 6.45) is 2.50. The predicted octanol–water partition coefficient (Wildman–Crippen LogP) is 3.66. The van der Waals surface area contributed by atoms with E-state index in [2.05, 4.69) is 32.7 Å². The number of halogens is 4. The van der Waals surface area contributed by atoms with Crippen molar-refractivity contribution in [2.75, 3.05) is 26.2 Å². The van der Waals surface area contributed by atoms with Crippen molar-refractivity contribution in [3.8, 4) is 5.75 Å². The molecule has 0 radical (unpaired) electrons. The molecule has 7 heteroatoms. The summed E-state index contributed by atoms with van der Waals surface area (Å²) < 4.78 is 14.1. The topological polar surface area (TPSA) is 35.5 Å². The van der Waals surface area contributed by atoms with E-state index in [0.717, 1.165) is 26.2 Å². The highest BCUT2D eigenvalue weighted by Gasteiger charge is 2.25. The first-order valence-corrected chi connectivity index (χ1v) is 7.17. The highest BCUT2D eigenvalue weighted by Crippen LogP contribution is 2.36. The third-order valence-corrected chi connectivity index (χ3v) is 4.05. The van der Waals surface area contributed by atoms with Gasteiger partial charge in [-0.05, 0) is 28.4 Å². The van der Waals surface area contributed by atoms with Gasteiger partial charge >= 0.3 is 0 Å². The van der Waals surface area contributed by atoms with Crippen molar-refractivity contribution in [3.05, 3.63) is 40.6 Å². The molecular formula is C14H20BrCl2FN2O. The Bertz CT molecular complexity index is 471. The summed E-state index contributed by atoms with van der Waals surface area (Å²) in [6.45, 7) is 7.35. The summed E-state index contributed by atoms with van der Waals surface area (Å²) in [5.74, 6) is -0.860. The Kier molecular flexibility index (Phi) is 9.49. The molecule has 1 aromatic carbocycles. The van der Waals surface area contributed by atoms with Crippen molar-refractivity contribution in [1.82, 2.24) is 10.2 Å². The SMILES string of the molecule is C=CC[C@@H](c1ccc(Br)c(F)c1O)N1CCNCC1.Cl.Cl. The van der Waals surface area contributed by atoms with E-state index in [9.17, 15) is 9.50 Å². The maximum Gasteiger partial charge on any atom is 0.179 e. The predicted molar refractivity (Wildman–Crippen MR) is 92.3 cm³/mol. The Morgan fingerprint density at radius 2 is 2.00 bits per heavy atom. The van der Waals surface area contributed by atoms with Gasteiger partial charge < -0.3 is 10.4 Å². The number of rotatable bonds is 4. The van der Waals surface area contributed by atoms with Gasteiger partial charge in [0.25, 0.3) is 0 Å². The molecule has 2 rings (SSSR count). The van der Waals surface area contributed by atoms with Crippen molar-refractivity contribution in [3.63, 3.8) is 0 Å². The lowest BCUT2D eigenvalue weighted by Crippen LogP contribution is -2.45. The minimum Gasteiger partial charge on any atom is -0.505 e. The number of nitrogens with zero attached hydrogens (tertiary/aromatic N) is 1. The second kappa shape index (κ2) is 9.64. The van der Waals surface area contributed by atoms with Crippen LogP contribution in [0.3, 0.4) is 0 Å². The first-order valence-electron chi connectivity index (χ1n) is 6.37. The molecule has 1 aliphatic heterocycles. The third kappa shape index (κ3) is 4.83. The molecule has 1 heterocycles. The van der Waals surface area contributed by atoms with Crippen LogP contribution < -0.4 is 5.32 Å². The summed E-state index contributed by atoms with van der Waals surface area (Å²) >= 11 is 3.09. The number of benzene rings is 1. The second-order valence-corrected chi connectivity index (χ2v) is 5.48. The fraction of sp³-hybridized carbons (Fsp3) is 0.429. The summed E-state index contributed by atoms with van der Waals surface area (Å²) in [5.41, 5.74) is 0.627. The normalized spacial score (nSPS) is 16.5. The van der Waals surface area contributed by atoms with E-state index >= 15 is 0 Å². The Hall–Kier alpha value is -0.330. The zero-order valence-electron chi connectivity index (χ0n) is 11.5. The van der Waals surface area contributed by atoms with Crippen LogP contribution in [0.5, 0.6) is 5.75 Å². The maximum atomic E-state index is 13.8. The summed E-state index contributed by atoms with van der Waals surface area (Å²) in [4.78, 5) is 2.25. The highest BCUT2D eigenvalue weighted by molar-refractivity contribution is 9.10. The van der Waals surface area contributed by atoms with Crippen LogP contribution >= 0.6 is 40.7 Å². The molecule has 1 saturated heterocycles. The van der Waals surface area contributed by atoms with Crippen LogP contribution in [0.2, 0.25) is 0 Å². The molecule has 1 aliphatic rings. The van der Waals surface area contributed by atoms with Gasteiger partial charge in [-0.2, -0.15) is 0 Å². The van der Waals surface area contributed by atoms with Crippen LogP contribution in [0.15, 0.2) is 29.3 Å². The molecule has 0 bridgehead atoms. The molecule has 0 aromatic heterocycles. The van der Waals surface area contributed by atoms with E-state index in [1.165, 1.54) is 0 Å². The van der Waals surface area contributed by atoms with Crippen LogP contribution in [0.25, 0.3) is 0 Å². The fourth-order valence-corrected chi connectivity index (χ4v) is 2.77. The van der Waals surface area contributed by atoms with E-state index in [1.807, 2.05) is 6.08 Å². The quantitative estimate of drug-likeness (QED) is 0.755. The van der Waals surface area contributed by atoms with Crippen molar-refractivity contribution < 1.29 is 9.50 Å². The molecule has 2 N–H and O–H groups in total. The van der Waals surface area contributed by atoms with Crippen LogP contribution in [0.1, 0.15) is 18.0 Å². The number of phenols is 1. The van der Waals surface area contributed by atoms with Gasteiger partial charge in [0.2, 0.25) is 0 Å². The average Bonchev–Trinajstić information content (AvgIpc) is 2.44. The molecule has 1 atom stereocenters. The van der Waals surface area contributed by atoms with Gasteiger partial charge in [0.15, 0.2) is 11.6 Å². The molecule has 0 spiro atoms. The van der Waals surface area contributed by atoms with Gasteiger partial charge in [0, 0.05) is 37.8 Å². The molecule has 0 unspecified atom stereocenters. The van der Waals surface area contributed by atoms with Gasteiger partial charge in [-0.3, -0.25) is 4.90 Å². The van der Waals surface area contributed by atoms with Crippen LogP contribution in [0, 0.1) is 5.82 Å². The Morgan fingerprint density at radius 1 is 1.38 bits per heavy atom. The van der Waals surface area contributed by atoms with Crippen LogP contribution in [-0.4, -0.2) is 36.2 Å². The largest absolute Gasteiger partial charge is 0.505 e. The molecule has 1 aromatic rings. The number of phenolic OH excluding ortho intramolecular Hbond substituents is 1. The summed E-state index contributed by atoms with van der Waals surface area (Å²) in [7, 11) is 0. The van der Waals surface area contributed by atoms with E-state index in [-0.39, 0.29) is 41.1 Å². The zero-order valence-corrected chi connectivity index (χ0v) is 14.7. The van der Waals surface area contributed by atoms with Gasteiger partial charge in [-0.15, -0.1) is 31.4 Å². The number of hydrogen-bond acceptors (Lipinski definition) is 3. The fourth-order valence-electron chi connectivity index (χ4n) is 2.45. The monoisotopic (exact) mass is 400 g/mol. The number of aromatic hydroxyl groups is 1. The first kappa shape index (κ1) is 20.7. The lowest BCUT2D eigenvalue weighted by Gasteiger charge is -2.35. The van der Waals surface area contributed by atoms with Gasteiger partial charge in [0.05, 0.1) is 4.47 Å². The van der Waals surface area contributed by atoms with Crippen molar-refractivity contribution in [2.45, 2.75) is 12.5 Å². The van der Waals surface area contributed by atoms with Gasteiger partial charge in [0.1, 0.15) is 0 Å². The molecule has 0 saturated carbocycles. The lowest BCUT2D eigenvalue weighted by atomic mass is 10.00. The lowest BCUT2D eigenvalue weighted by molar-refractivity contribution is 0.171. The standard InChI is InChI=1S/C14H18BrFN2O.2ClH/c1-2-3-12(18-8-6-17-7-9-18)10-4-5-11(15)13(16)14(10)19;;/h2,4-5,12,17,19H,1,3,6-9H2;2*1H/t12-;;/m0../s1. The first-order chi connectivity index (χ1) is 9.15. The van der Waals surface area contributed by atoms with Crippen LogP contribution in [-0.2, 0) is 0 Å². The van der Waals surface area contributed by atoms with E-state index in [1.54, 1.807) is 12.1 Å². The molecule has 0 aliphatic carbocycles. The Morgan fingerprint density at radius 3 is 2.57 bits per heavy atom. The molecule has 1 fully saturated rings. The number of hydrogen-bond donors (Lipinski definition) is 2. The molecule has 0 amide bonds. The van der Waals surface area contributed by atoms with Gasteiger partial charge in [-0.25, -0.2) is 4.39 Å². The van der Waals surface area contributed by atoms with Crippen molar-refractivity contribution >= 4 is 40.7 Å². The molecular weight excluding hydrogens is 382 g/mol. The number of nitrogens with one attached hydrogen (secondary N) is 1. The van der Waals surface area contributed by atoms with E-state index in [0.29, 0.717) is 12.0 Å². The van der Waals surface area contributed by atoms with Crippen LogP contribution in [0.4, 0.5) is 4.39 Å². The van der Waals surface area contributed by atoms with Crippen molar-refractivity contribution in [2.24, 2.45) is 0 Å². The minimum atomic E-state index is -0.596. The second-order valence-electron chi connectivity index (χ2n) is 4.63. The van der Waals surface area contributed by atoms with Crippen molar-refractivity contribution in [1.29, 1.82) is 0 Å². The van der Waals surface area contributed by atoms with E-state index in [4.69, 9.17) is 0 Å². The number of piperazine rings is 1. The highest BCUT2D eigenvalue weighted by atomic mass is 79.9. The zero-order chi connectivity index (χ0) is 13.8. The molecule has 3 nitrogen and oxygen atoms in total. The summed E-state index contributed by atoms with van der Waals surface area (Å²) in [6, 6.07) is 3.39. The third-order valence-electron chi connectivity index (χ3n) is 3.44. The smallest absolute Gasteiger partial charge is 0.179 e. The minimum absolute atomic E-state index is 0. The maximum absolute atomic E-state index is 13.8. The molecule has 120 valence electrons. The average molecular weight is 402 g/mol. The summed E-state index contributed by atoms with van der Waals surface area (Å²) in [5, 5.41) is 13.3. The molecule has 21 heavy (non-hydrogen) atoms. The Labute approximate surface area is 145 Å².